The third-order valence-electron chi connectivity index (χ3n) is 4.94. The zero-order chi connectivity index (χ0) is 20.4. The van der Waals surface area contributed by atoms with Gasteiger partial charge in [-0.2, -0.15) is 5.10 Å². The van der Waals surface area contributed by atoms with Crippen LogP contribution in [0.5, 0.6) is 0 Å². The van der Waals surface area contributed by atoms with Gasteiger partial charge in [0.2, 0.25) is 0 Å². The van der Waals surface area contributed by atoms with Crippen LogP contribution in [0.2, 0.25) is 0 Å². The molecule has 2 aromatic rings. The van der Waals surface area contributed by atoms with Crippen LogP contribution in [0.25, 0.3) is 0 Å². The van der Waals surface area contributed by atoms with Gasteiger partial charge in [0, 0.05) is 49.9 Å². The molecule has 0 N–H and O–H groups in total. The van der Waals surface area contributed by atoms with Gasteiger partial charge in [-0.05, 0) is 12.5 Å². The zero-order valence-electron chi connectivity index (χ0n) is 16.2. The van der Waals surface area contributed by atoms with E-state index in [4.69, 9.17) is 9.47 Å². The lowest BCUT2D eigenvalue weighted by atomic mass is 9.76. The van der Waals surface area contributed by atoms with Crippen LogP contribution in [-0.2, 0) is 27.7 Å². The Kier molecular flexibility index (Phi) is 5.55. The van der Waals surface area contributed by atoms with Crippen molar-refractivity contribution < 1.29 is 19.2 Å². The standard InChI is InChI=1S/C19H22N4O5/c1-11-15(19(24)28-4)16(12-6-5-7-13(10-12)23(25)26)17-14(8-9-27-3)21-22(2)18(17)20-11/h5-7,10,15-16H,8-9H2,1-4H3. The highest BCUT2D eigenvalue weighted by atomic mass is 16.6. The molecule has 2 atom stereocenters. The second-order valence-corrected chi connectivity index (χ2v) is 6.63. The molecule has 0 amide bonds. The topological polar surface area (TPSA) is 109 Å². The number of carbonyl (C=O) groups excluding carboxylic acids is 1. The number of nitro groups is 1. The SMILES string of the molecule is COCCc1nn(C)c2c1C(c1cccc([N+](=O)[O-])c1)C(C(=O)OC)C(C)=N2. The molecule has 9 nitrogen and oxygen atoms in total. The number of hydrogen-bond acceptors (Lipinski definition) is 7. The van der Waals surface area contributed by atoms with Gasteiger partial charge in [0.15, 0.2) is 5.82 Å². The van der Waals surface area contributed by atoms with Crippen LogP contribution in [-0.4, -0.2) is 47.2 Å². The molecule has 1 aliphatic rings. The van der Waals surface area contributed by atoms with Crippen LogP contribution in [0.15, 0.2) is 29.3 Å². The van der Waals surface area contributed by atoms with E-state index in [0.717, 1.165) is 11.3 Å². The number of aliphatic imine (C=N–C) groups is 1. The minimum Gasteiger partial charge on any atom is -0.468 e. The van der Waals surface area contributed by atoms with Crippen molar-refractivity contribution in [3.63, 3.8) is 0 Å². The third-order valence-corrected chi connectivity index (χ3v) is 4.94. The average molecular weight is 386 g/mol. The predicted molar refractivity (Wildman–Crippen MR) is 102 cm³/mol. The van der Waals surface area contributed by atoms with Crippen LogP contribution in [0.3, 0.4) is 0 Å². The van der Waals surface area contributed by atoms with Crippen molar-refractivity contribution >= 4 is 23.2 Å². The number of esters is 1. The highest BCUT2D eigenvalue weighted by Gasteiger charge is 2.42. The summed E-state index contributed by atoms with van der Waals surface area (Å²) in [6.45, 7) is 2.22. The van der Waals surface area contributed by atoms with E-state index in [2.05, 4.69) is 10.1 Å². The van der Waals surface area contributed by atoms with Gasteiger partial charge in [0.05, 0.1) is 24.3 Å². The summed E-state index contributed by atoms with van der Waals surface area (Å²) in [6, 6.07) is 6.32. The molecule has 2 heterocycles. The Morgan fingerprint density at radius 1 is 1.36 bits per heavy atom. The molecule has 2 unspecified atom stereocenters. The molecular formula is C19H22N4O5. The molecule has 28 heavy (non-hydrogen) atoms. The fourth-order valence-electron chi connectivity index (χ4n) is 3.69. The molecule has 148 valence electrons. The summed E-state index contributed by atoms with van der Waals surface area (Å²) in [4.78, 5) is 28.1. The van der Waals surface area contributed by atoms with Crippen LogP contribution in [0.1, 0.15) is 29.7 Å². The van der Waals surface area contributed by atoms with E-state index < -0.39 is 22.7 Å². The first-order chi connectivity index (χ1) is 13.4. The normalized spacial score (nSPS) is 18.4. The van der Waals surface area contributed by atoms with E-state index in [1.54, 1.807) is 37.9 Å². The average Bonchev–Trinajstić information content (AvgIpc) is 3.00. The second kappa shape index (κ2) is 7.89. The van der Waals surface area contributed by atoms with E-state index in [0.29, 0.717) is 30.1 Å². The van der Waals surface area contributed by atoms with E-state index in [-0.39, 0.29) is 5.69 Å². The molecule has 1 aromatic heterocycles. The molecule has 0 fully saturated rings. The zero-order valence-corrected chi connectivity index (χ0v) is 16.2. The summed E-state index contributed by atoms with van der Waals surface area (Å²) in [6.07, 6.45) is 0.535. The van der Waals surface area contributed by atoms with Crippen LogP contribution < -0.4 is 0 Å². The van der Waals surface area contributed by atoms with Crippen molar-refractivity contribution in [2.24, 2.45) is 18.0 Å². The second-order valence-electron chi connectivity index (χ2n) is 6.63. The first-order valence-electron chi connectivity index (χ1n) is 8.81. The quantitative estimate of drug-likeness (QED) is 0.429. The minimum atomic E-state index is -0.690. The number of ether oxygens (including phenoxy) is 2. The summed E-state index contributed by atoms with van der Waals surface area (Å²) in [5.74, 6) is -0.976. The first kappa shape index (κ1) is 19.7. The Labute approximate surface area is 162 Å². The first-order valence-corrected chi connectivity index (χ1v) is 8.81. The van der Waals surface area contributed by atoms with Gasteiger partial charge in [-0.25, -0.2) is 4.99 Å². The number of methoxy groups -OCH3 is 2. The van der Waals surface area contributed by atoms with Gasteiger partial charge in [0.25, 0.3) is 5.69 Å². The van der Waals surface area contributed by atoms with Gasteiger partial charge in [-0.3, -0.25) is 19.6 Å². The van der Waals surface area contributed by atoms with Gasteiger partial charge in [-0.1, -0.05) is 12.1 Å². The molecule has 0 bridgehead atoms. The number of aromatic nitrogens is 2. The number of hydrogen-bond donors (Lipinski definition) is 0. The lowest BCUT2D eigenvalue weighted by molar-refractivity contribution is -0.384. The molecule has 0 aliphatic carbocycles. The van der Waals surface area contributed by atoms with E-state index in [9.17, 15) is 14.9 Å². The molecule has 1 aromatic carbocycles. The Bertz CT molecular complexity index is 950. The lowest BCUT2D eigenvalue weighted by Crippen LogP contribution is -2.33. The van der Waals surface area contributed by atoms with Crippen LogP contribution in [0, 0.1) is 16.0 Å². The van der Waals surface area contributed by atoms with Crippen molar-refractivity contribution in [1.82, 2.24) is 9.78 Å². The highest BCUT2D eigenvalue weighted by molar-refractivity contribution is 6.05. The van der Waals surface area contributed by atoms with Crippen molar-refractivity contribution in [1.29, 1.82) is 0 Å². The largest absolute Gasteiger partial charge is 0.468 e. The monoisotopic (exact) mass is 386 g/mol. The van der Waals surface area contributed by atoms with Gasteiger partial charge in [0.1, 0.15) is 5.92 Å². The number of fused-ring (bicyclic) bond motifs is 1. The summed E-state index contributed by atoms with van der Waals surface area (Å²) >= 11 is 0. The number of nitro benzene ring substituents is 1. The Hall–Kier alpha value is -3.07. The maximum Gasteiger partial charge on any atom is 0.315 e. The molecule has 0 saturated heterocycles. The van der Waals surface area contributed by atoms with E-state index in [1.807, 2.05) is 0 Å². The Balaban J connectivity index is 2.24. The third kappa shape index (κ3) is 3.40. The van der Waals surface area contributed by atoms with Gasteiger partial charge < -0.3 is 9.47 Å². The number of nitrogens with zero attached hydrogens (tertiary/aromatic N) is 4. The van der Waals surface area contributed by atoms with Gasteiger partial charge in [-0.15, -0.1) is 0 Å². The molecule has 9 heteroatoms. The lowest BCUT2D eigenvalue weighted by Gasteiger charge is -2.29. The Morgan fingerprint density at radius 2 is 2.11 bits per heavy atom. The summed E-state index contributed by atoms with van der Waals surface area (Å²) < 4.78 is 11.9. The molecule has 0 saturated carbocycles. The minimum absolute atomic E-state index is 0.0369. The number of rotatable bonds is 6. The van der Waals surface area contributed by atoms with Crippen molar-refractivity contribution in [3.05, 3.63) is 51.2 Å². The van der Waals surface area contributed by atoms with Crippen molar-refractivity contribution in [3.8, 4) is 0 Å². The van der Waals surface area contributed by atoms with E-state index >= 15 is 0 Å². The van der Waals surface area contributed by atoms with Crippen LogP contribution in [0.4, 0.5) is 11.5 Å². The maximum atomic E-state index is 12.6. The molecular weight excluding hydrogens is 364 g/mol. The molecule has 1 aliphatic heterocycles. The predicted octanol–water partition coefficient (Wildman–Crippen LogP) is 2.54. The van der Waals surface area contributed by atoms with Gasteiger partial charge >= 0.3 is 5.97 Å². The Morgan fingerprint density at radius 3 is 2.75 bits per heavy atom. The molecule has 3 rings (SSSR count). The maximum absolute atomic E-state index is 12.6. The summed E-state index contributed by atoms with van der Waals surface area (Å²) in [5, 5.41) is 15.8. The van der Waals surface area contributed by atoms with Crippen molar-refractivity contribution in [2.75, 3.05) is 20.8 Å². The number of carbonyl (C=O) groups is 1. The number of non-ortho nitro benzene ring substituents is 1. The van der Waals surface area contributed by atoms with E-state index in [1.165, 1.54) is 19.2 Å². The molecule has 0 radical (unpaired) electrons. The smallest absolute Gasteiger partial charge is 0.315 e. The highest BCUT2D eigenvalue weighted by Crippen LogP contribution is 2.45. The summed E-state index contributed by atoms with van der Waals surface area (Å²) in [5.41, 5.74) is 2.72. The summed E-state index contributed by atoms with van der Waals surface area (Å²) in [7, 11) is 4.71. The van der Waals surface area contributed by atoms with Crippen LogP contribution >= 0.6 is 0 Å². The number of benzene rings is 1. The molecule has 0 spiro atoms. The van der Waals surface area contributed by atoms with Crippen molar-refractivity contribution in [2.45, 2.75) is 19.3 Å². The fraction of sp³-hybridized carbons (Fsp3) is 0.421. The fourth-order valence-corrected chi connectivity index (χ4v) is 3.69. The number of aryl methyl sites for hydroxylation is 1.